The summed E-state index contributed by atoms with van der Waals surface area (Å²) in [4.78, 5) is 4.32. The van der Waals surface area contributed by atoms with Crippen molar-refractivity contribution in [3.05, 3.63) is 56.9 Å². The van der Waals surface area contributed by atoms with E-state index in [1.54, 1.807) is 35.2 Å². The summed E-state index contributed by atoms with van der Waals surface area (Å²) >= 11 is 15.7. The van der Waals surface area contributed by atoms with Crippen LogP contribution in [0.15, 0.2) is 41.3 Å². The first-order valence-corrected chi connectivity index (χ1v) is 7.96. The third-order valence-corrected chi connectivity index (χ3v) is 4.65. The summed E-state index contributed by atoms with van der Waals surface area (Å²) in [7, 11) is 0. The van der Waals surface area contributed by atoms with Gasteiger partial charge in [0.2, 0.25) is 0 Å². The minimum Gasteiger partial charge on any atom is -0.394 e. The molecule has 2 heterocycles. The van der Waals surface area contributed by atoms with E-state index >= 15 is 0 Å². The molecule has 2 N–H and O–H groups in total. The van der Waals surface area contributed by atoms with E-state index < -0.39 is 6.04 Å². The summed E-state index contributed by atoms with van der Waals surface area (Å²) in [5.41, 5.74) is 1.48. The molecule has 1 aromatic carbocycles. The number of nitrogens with one attached hydrogen (secondary N) is 1. The summed E-state index contributed by atoms with van der Waals surface area (Å²) in [6.07, 6.45) is 5.05. The second kappa shape index (κ2) is 6.42. The van der Waals surface area contributed by atoms with Crippen molar-refractivity contribution in [3.63, 3.8) is 0 Å². The maximum absolute atomic E-state index is 9.72. The number of aliphatic hydroxyl groups is 1. The molecule has 0 spiro atoms. The molecule has 0 aliphatic heterocycles. The van der Waals surface area contributed by atoms with Gasteiger partial charge in [-0.1, -0.05) is 35.3 Å². The highest BCUT2D eigenvalue weighted by Crippen LogP contribution is 2.32. The van der Waals surface area contributed by atoms with Crippen molar-refractivity contribution in [3.8, 4) is 0 Å². The molecule has 0 amide bonds. The van der Waals surface area contributed by atoms with Gasteiger partial charge in [0, 0.05) is 12.4 Å². The predicted octanol–water partition coefficient (Wildman–Crippen LogP) is 3.94. The van der Waals surface area contributed by atoms with Crippen molar-refractivity contribution in [1.29, 1.82) is 0 Å². The van der Waals surface area contributed by atoms with Crippen LogP contribution in [0.4, 0.5) is 5.82 Å². The molecule has 0 saturated heterocycles. The molecule has 0 fully saturated rings. The Morgan fingerprint density at radius 3 is 2.95 bits per heavy atom. The average Bonchev–Trinajstić information content (AvgIpc) is 2.90. The Labute approximate surface area is 145 Å². The van der Waals surface area contributed by atoms with Gasteiger partial charge >= 0.3 is 0 Å². The molecule has 0 saturated carbocycles. The fraction of sp³-hybridized carbons (Fsp3) is 0.143. The monoisotopic (exact) mass is 400 g/mol. The van der Waals surface area contributed by atoms with Crippen molar-refractivity contribution in [1.82, 2.24) is 14.6 Å². The standard InChI is InChI=1S/C14H11BrCl2N4O/c15-9-6-19-21-5-4-18-14(13(9)21)20-11(7-22)8-2-1-3-10(16)12(8)17/h1-6,11,22H,7H2,(H,18,20). The maximum Gasteiger partial charge on any atom is 0.153 e. The number of nitrogens with zero attached hydrogens (tertiary/aromatic N) is 3. The van der Waals surface area contributed by atoms with E-state index in [2.05, 4.69) is 31.3 Å². The van der Waals surface area contributed by atoms with Crippen molar-refractivity contribution < 1.29 is 5.11 Å². The summed E-state index contributed by atoms with van der Waals surface area (Å²) in [5, 5.41) is 18.0. The van der Waals surface area contributed by atoms with Gasteiger partial charge < -0.3 is 10.4 Å². The molecular formula is C14H11BrCl2N4O. The number of benzene rings is 1. The maximum atomic E-state index is 9.72. The number of hydrogen-bond acceptors (Lipinski definition) is 4. The molecule has 8 heteroatoms. The van der Waals surface area contributed by atoms with E-state index in [0.29, 0.717) is 21.4 Å². The number of halogens is 3. The number of hydrogen-bond donors (Lipinski definition) is 2. The molecule has 22 heavy (non-hydrogen) atoms. The lowest BCUT2D eigenvalue weighted by atomic mass is 10.1. The van der Waals surface area contributed by atoms with Crippen molar-refractivity contribution in [2.24, 2.45) is 0 Å². The second-order valence-electron chi connectivity index (χ2n) is 4.58. The Bertz CT molecular complexity index is 824. The number of aliphatic hydroxyl groups excluding tert-OH is 1. The summed E-state index contributed by atoms with van der Waals surface area (Å²) in [5.74, 6) is 0.585. The minimum atomic E-state index is -0.438. The van der Waals surface area contributed by atoms with Crippen molar-refractivity contribution in [2.45, 2.75) is 6.04 Å². The highest BCUT2D eigenvalue weighted by atomic mass is 79.9. The normalized spacial score (nSPS) is 12.5. The summed E-state index contributed by atoms with van der Waals surface area (Å²) in [6.45, 7) is -0.158. The predicted molar refractivity (Wildman–Crippen MR) is 90.6 cm³/mol. The molecular weight excluding hydrogens is 391 g/mol. The number of anilines is 1. The van der Waals surface area contributed by atoms with Gasteiger partial charge in [0.1, 0.15) is 5.52 Å². The van der Waals surface area contributed by atoms with Crippen LogP contribution < -0.4 is 5.32 Å². The SMILES string of the molecule is OCC(Nc1nccn2ncc(Br)c12)c1cccc(Cl)c1Cl. The minimum absolute atomic E-state index is 0.158. The van der Waals surface area contributed by atoms with E-state index in [1.807, 2.05) is 6.07 Å². The molecule has 0 radical (unpaired) electrons. The zero-order valence-electron chi connectivity index (χ0n) is 11.2. The van der Waals surface area contributed by atoms with E-state index in [0.717, 1.165) is 9.99 Å². The smallest absolute Gasteiger partial charge is 0.153 e. The Morgan fingerprint density at radius 1 is 1.36 bits per heavy atom. The fourth-order valence-corrected chi connectivity index (χ4v) is 3.09. The van der Waals surface area contributed by atoms with Crippen LogP contribution in [0.5, 0.6) is 0 Å². The lowest BCUT2D eigenvalue weighted by Crippen LogP contribution is -2.17. The van der Waals surface area contributed by atoms with Crippen LogP contribution >= 0.6 is 39.1 Å². The molecule has 114 valence electrons. The second-order valence-corrected chi connectivity index (χ2v) is 6.22. The summed E-state index contributed by atoms with van der Waals surface area (Å²) in [6, 6.07) is 4.87. The lowest BCUT2D eigenvalue weighted by Gasteiger charge is -2.19. The molecule has 3 aromatic rings. The largest absolute Gasteiger partial charge is 0.394 e. The number of aromatic nitrogens is 3. The highest BCUT2D eigenvalue weighted by Gasteiger charge is 2.18. The van der Waals surface area contributed by atoms with E-state index in [1.165, 1.54) is 0 Å². The van der Waals surface area contributed by atoms with E-state index in [9.17, 15) is 5.11 Å². The average molecular weight is 402 g/mol. The molecule has 5 nitrogen and oxygen atoms in total. The van der Waals surface area contributed by atoms with Crippen LogP contribution in [0, 0.1) is 0 Å². The van der Waals surface area contributed by atoms with Gasteiger partial charge in [-0.3, -0.25) is 0 Å². The molecule has 0 aliphatic rings. The number of rotatable bonds is 4. The Morgan fingerprint density at radius 2 is 2.18 bits per heavy atom. The summed E-state index contributed by atoms with van der Waals surface area (Å²) < 4.78 is 2.49. The van der Waals surface area contributed by atoms with Crippen LogP contribution in [0.1, 0.15) is 11.6 Å². The molecule has 2 aromatic heterocycles. The Balaban J connectivity index is 2.02. The molecule has 1 atom stereocenters. The fourth-order valence-electron chi connectivity index (χ4n) is 2.19. The van der Waals surface area contributed by atoms with Crippen LogP contribution in [-0.2, 0) is 0 Å². The van der Waals surface area contributed by atoms with Crippen LogP contribution in [0.25, 0.3) is 5.52 Å². The van der Waals surface area contributed by atoms with Crippen LogP contribution in [-0.4, -0.2) is 26.3 Å². The van der Waals surface area contributed by atoms with Gasteiger partial charge in [0.25, 0.3) is 0 Å². The molecule has 1 unspecified atom stereocenters. The van der Waals surface area contributed by atoms with Crippen LogP contribution in [0.2, 0.25) is 10.0 Å². The first kappa shape index (κ1) is 15.6. The van der Waals surface area contributed by atoms with Crippen molar-refractivity contribution >= 4 is 50.5 Å². The van der Waals surface area contributed by atoms with Gasteiger partial charge in [-0.25, -0.2) is 9.50 Å². The topological polar surface area (TPSA) is 62.5 Å². The van der Waals surface area contributed by atoms with Crippen molar-refractivity contribution in [2.75, 3.05) is 11.9 Å². The van der Waals surface area contributed by atoms with E-state index in [4.69, 9.17) is 23.2 Å². The third kappa shape index (κ3) is 2.79. The van der Waals surface area contributed by atoms with E-state index in [-0.39, 0.29) is 6.61 Å². The zero-order valence-corrected chi connectivity index (χ0v) is 14.3. The Kier molecular flexibility index (Phi) is 4.54. The molecule has 0 aliphatic carbocycles. The third-order valence-electron chi connectivity index (χ3n) is 3.24. The molecule has 3 rings (SSSR count). The first-order chi connectivity index (χ1) is 10.6. The highest BCUT2D eigenvalue weighted by molar-refractivity contribution is 9.10. The molecule has 0 bridgehead atoms. The lowest BCUT2D eigenvalue weighted by molar-refractivity contribution is 0.276. The van der Waals surface area contributed by atoms with Gasteiger partial charge in [0.15, 0.2) is 5.82 Å². The van der Waals surface area contributed by atoms with Gasteiger partial charge in [-0.15, -0.1) is 0 Å². The van der Waals surface area contributed by atoms with Gasteiger partial charge in [-0.05, 0) is 27.6 Å². The zero-order chi connectivity index (χ0) is 15.7. The van der Waals surface area contributed by atoms with Gasteiger partial charge in [0.05, 0.1) is 33.4 Å². The quantitative estimate of drug-likeness (QED) is 0.694. The Hall–Kier alpha value is -1.34. The number of fused-ring (bicyclic) bond motifs is 1. The first-order valence-electron chi connectivity index (χ1n) is 6.41. The van der Waals surface area contributed by atoms with Crippen LogP contribution in [0.3, 0.4) is 0 Å². The van der Waals surface area contributed by atoms with Gasteiger partial charge in [-0.2, -0.15) is 5.10 Å².